The van der Waals surface area contributed by atoms with Crippen LogP contribution in [0.5, 0.6) is 0 Å². The lowest BCUT2D eigenvalue weighted by Crippen LogP contribution is -1.96. The Morgan fingerprint density at radius 2 is 2.57 bits per heavy atom. The van der Waals surface area contributed by atoms with Crippen LogP contribution in [0.15, 0.2) is 4.99 Å². The number of aliphatic imine (C=N–C) groups is 1. The van der Waals surface area contributed by atoms with E-state index in [-0.39, 0.29) is 11.7 Å². The van der Waals surface area contributed by atoms with E-state index in [2.05, 4.69) is 4.99 Å². The summed E-state index contributed by atoms with van der Waals surface area (Å²) in [4.78, 5) is 13.3. The molecule has 0 aromatic rings. The second-order valence-electron chi connectivity index (χ2n) is 1.15. The van der Waals surface area contributed by atoms with Crippen molar-refractivity contribution in [2.75, 3.05) is 5.75 Å². The topological polar surface area (TPSA) is 46.5 Å². The third kappa shape index (κ3) is 0.928. The maximum Gasteiger partial charge on any atom is 0.259 e. The maximum absolute atomic E-state index is 10.2. The Morgan fingerprint density at radius 3 is 2.71 bits per heavy atom. The van der Waals surface area contributed by atoms with Crippen molar-refractivity contribution in [2.24, 2.45) is 4.99 Å². The fraction of sp³-hybridized carbons (Fsp3) is 0.333. The van der Waals surface area contributed by atoms with E-state index >= 15 is 0 Å². The van der Waals surface area contributed by atoms with Gasteiger partial charge >= 0.3 is 0 Å². The summed E-state index contributed by atoms with van der Waals surface area (Å²) in [5, 5.41) is 0. The van der Waals surface area contributed by atoms with Crippen molar-refractivity contribution >= 4 is 22.3 Å². The summed E-state index contributed by atoms with van der Waals surface area (Å²) in [5.41, 5.74) is 1.17. The predicted octanol–water partition coefficient (Wildman–Crippen LogP) is -0.696. The van der Waals surface area contributed by atoms with Crippen molar-refractivity contribution in [1.29, 1.82) is 0 Å². The number of hydrogen-bond donors (Lipinski definition) is 0. The van der Waals surface area contributed by atoms with Crippen LogP contribution in [0.2, 0.25) is 0 Å². The molecule has 4 heteroatoms. The first-order chi connectivity index (χ1) is 3.29. The Kier molecular flexibility index (Phi) is 1.02. The van der Waals surface area contributed by atoms with Gasteiger partial charge in [0.25, 0.3) is 5.91 Å². The highest BCUT2D eigenvalue weighted by Gasteiger charge is 2.09. The number of carbonyl (C=O) groups excluding carboxylic acids is 1. The molecular weight excluding hydrogens is 114 g/mol. The lowest BCUT2D eigenvalue weighted by atomic mass is 10.8. The van der Waals surface area contributed by atoms with Crippen LogP contribution in [-0.4, -0.2) is 21.4 Å². The Balaban J connectivity index is 2.76. The molecule has 1 heterocycles. The number of carbonyl (C=O) groups is 1. The van der Waals surface area contributed by atoms with E-state index in [1.807, 2.05) is 0 Å². The van der Waals surface area contributed by atoms with Gasteiger partial charge in [-0.25, -0.2) is 4.99 Å². The van der Waals surface area contributed by atoms with Crippen LogP contribution in [0.4, 0.5) is 0 Å². The summed E-state index contributed by atoms with van der Waals surface area (Å²) in [6, 6.07) is 0. The van der Waals surface area contributed by atoms with Crippen molar-refractivity contribution in [3.05, 3.63) is 0 Å². The molecule has 0 aromatic carbocycles. The normalized spacial score (nSPS) is 29.1. The van der Waals surface area contributed by atoms with E-state index in [1.54, 1.807) is 0 Å². The molecule has 1 aliphatic rings. The van der Waals surface area contributed by atoms with Crippen LogP contribution >= 0.6 is 0 Å². The summed E-state index contributed by atoms with van der Waals surface area (Å²) >= 11 is 0. The molecule has 1 aliphatic heterocycles. The molecule has 0 aliphatic carbocycles. The van der Waals surface area contributed by atoms with Crippen LogP contribution in [-0.2, 0) is 15.6 Å². The second-order valence-corrected chi connectivity index (χ2v) is 2.41. The number of nitrogens with zero attached hydrogens (tertiary/aromatic N) is 1. The standard InChI is InChI=1S/C3H3NO2S/c5-3-1-7(6)2-4-3/h2H,1H2. The summed E-state index contributed by atoms with van der Waals surface area (Å²) in [6.07, 6.45) is 0. The van der Waals surface area contributed by atoms with Crippen molar-refractivity contribution in [3.8, 4) is 0 Å². The van der Waals surface area contributed by atoms with Gasteiger partial charge in [0.15, 0.2) is 0 Å². The zero-order valence-corrected chi connectivity index (χ0v) is 4.27. The van der Waals surface area contributed by atoms with Crippen molar-refractivity contribution < 1.29 is 9.00 Å². The van der Waals surface area contributed by atoms with E-state index in [9.17, 15) is 9.00 Å². The largest absolute Gasteiger partial charge is 0.272 e. The molecule has 7 heavy (non-hydrogen) atoms. The van der Waals surface area contributed by atoms with Gasteiger partial charge in [-0.3, -0.25) is 9.00 Å². The van der Waals surface area contributed by atoms with Crippen molar-refractivity contribution in [3.63, 3.8) is 0 Å². The Morgan fingerprint density at radius 1 is 1.86 bits per heavy atom. The summed E-state index contributed by atoms with van der Waals surface area (Å²) in [6.45, 7) is 0. The molecule has 1 unspecified atom stereocenters. The SMILES string of the molecule is O=C1CS(=O)C=N1. The fourth-order valence-corrected chi connectivity index (χ4v) is 0.941. The molecule has 1 amide bonds. The fourth-order valence-electron chi connectivity index (χ4n) is 0.314. The van der Waals surface area contributed by atoms with Crippen LogP contribution < -0.4 is 0 Å². The van der Waals surface area contributed by atoms with Crippen LogP contribution in [0.3, 0.4) is 0 Å². The van der Waals surface area contributed by atoms with Crippen LogP contribution in [0.25, 0.3) is 0 Å². The summed E-state index contributed by atoms with van der Waals surface area (Å²) in [5.74, 6) is -0.196. The molecule has 3 nitrogen and oxygen atoms in total. The molecule has 1 atom stereocenters. The molecule has 0 fully saturated rings. The van der Waals surface area contributed by atoms with Crippen LogP contribution in [0.1, 0.15) is 0 Å². The number of hydrogen-bond acceptors (Lipinski definition) is 2. The molecule has 0 spiro atoms. The molecule has 0 N–H and O–H groups in total. The minimum atomic E-state index is -1.09. The zero-order chi connectivity index (χ0) is 5.28. The van der Waals surface area contributed by atoms with Gasteiger partial charge in [-0.05, 0) is 0 Å². The molecule has 38 valence electrons. The quantitative estimate of drug-likeness (QED) is 0.421. The highest BCUT2D eigenvalue weighted by Crippen LogP contribution is 1.89. The molecule has 0 radical (unpaired) electrons. The highest BCUT2D eigenvalue weighted by atomic mass is 32.2. The average Bonchev–Trinajstić information content (AvgIpc) is 1.87. The van der Waals surface area contributed by atoms with Gasteiger partial charge in [0.05, 0.1) is 16.3 Å². The third-order valence-corrected chi connectivity index (χ3v) is 1.45. The average molecular weight is 117 g/mol. The van der Waals surface area contributed by atoms with Crippen molar-refractivity contribution in [2.45, 2.75) is 0 Å². The summed E-state index contributed by atoms with van der Waals surface area (Å²) in [7, 11) is -1.09. The van der Waals surface area contributed by atoms with Gasteiger partial charge in [-0.1, -0.05) is 0 Å². The van der Waals surface area contributed by atoms with E-state index in [4.69, 9.17) is 0 Å². The van der Waals surface area contributed by atoms with E-state index in [1.165, 1.54) is 5.55 Å². The predicted molar refractivity (Wildman–Crippen MR) is 26.5 cm³/mol. The Hall–Kier alpha value is -0.510. The lowest BCUT2D eigenvalue weighted by Gasteiger charge is -1.71. The summed E-state index contributed by atoms with van der Waals surface area (Å²) < 4.78 is 10.2. The lowest BCUT2D eigenvalue weighted by molar-refractivity contribution is -0.115. The maximum atomic E-state index is 10.2. The number of rotatable bonds is 0. The van der Waals surface area contributed by atoms with Crippen molar-refractivity contribution in [1.82, 2.24) is 0 Å². The molecule has 0 aromatic heterocycles. The first-order valence-electron chi connectivity index (χ1n) is 1.73. The van der Waals surface area contributed by atoms with E-state index in [0.717, 1.165) is 0 Å². The van der Waals surface area contributed by atoms with E-state index in [0.29, 0.717) is 0 Å². The highest BCUT2D eigenvalue weighted by molar-refractivity contribution is 7.99. The molecule has 1 rings (SSSR count). The van der Waals surface area contributed by atoms with E-state index < -0.39 is 10.8 Å². The van der Waals surface area contributed by atoms with Gasteiger partial charge in [0, 0.05) is 0 Å². The Labute approximate surface area is 42.9 Å². The monoisotopic (exact) mass is 117 g/mol. The minimum absolute atomic E-state index is 0.0833. The molecule has 0 saturated heterocycles. The molecule has 0 bridgehead atoms. The van der Waals surface area contributed by atoms with Gasteiger partial charge < -0.3 is 0 Å². The number of amides is 1. The second kappa shape index (κ2) is 1.54. The molecular formula is C3H3NO2S. The third-order valence-electron chi connectivity index (χ3n) is 0.580. The van der Waals surface area contributed by atoms with Gasteiger partial charge in [0.1, 0.15) is 5.75 Å². The smallest absolute Gasteiger partial charge is 0.259 e. The first-order valence-corrected chi connectivity index (χ1v) is 3.11. The Bertz CT molecular complexity index is 135. The van der Waals surface area contributed by atoms with Gasteiger partial charge in [-0.2, -0.15) is 0 Å². The minimum Gasteiger partial charge on any atom is -0.272 e. The zero-order valence-electron chi connectivity index (χ0n) is 3.46. The van der Waals surface area contributed by atoms with Crippen LogP contribution in [0, 0.1) is 0 Å². The van der Waals surface area contributed by atoms with Gasteiger partial charge in [-0.15, -0.1) is 0 Å². The van der Waals surface area contributed by atoms with Gasteiger partial charge in [0.2, 0.25) is 0 Å². The first kappa shape index (κ1) is 4.64. The molecule has 0 saturated carbocycles.